The lowest BCUT2D eigenvalue weighted by Gasteiger charge is -2.45. The van der Waals surface area contributed by atoms with Crippen molar-refractivity contribution in [2.45, 2.75) is 72.4 Å². The van der Waals surface area contributed by atoms with Crippen molar-refractivity contribution >= 4 is 5.69 Å². The van der Waals surface area contributed by atoms with Crippen LogP contribution in [0.4, 0.5) is 5.69 Å². The lowest BCUT2D eigenvalue weighted by molar-refractivity contribution is 0.290. The van der Waals surface area contributed by atoms with Crippen molar-refractivity contribution in [1.82, 2.24) is 0 Å². The fourth-order valence-electron chi connectivity index (χ4n) is 4.71. The van der Waals surface area contributed by atoms with E-state index in [0.717, 1.165) is 0 Å². The Morgan fingerprint density at radius 1 is 1.11 bits per heavy atom. The van der Waals surface area contributed by atoms with Crippen LogP contribution in [0.3, 0.4) is 0 Å². The topological polar surface area (TPSA) is 3.24 Å². The van der Waals surface area contributed by atoms with Gasteiger partial charge < -0.3 is 4.90 Å². The second-order valence-corrected chi connectivity index (χ2v) is 7.60. The second-order valence-electron chi connectivity index (χ2n) is 7.60. The van der Waals surface area contributed by atoms with Crippen LogP contribution in [0.15, 0.2) is 12.1 Å². The van der Waals surface area contributed by atoms with Crippen LogP contribution in [0.2, 0.25) is 0 Å². The number of nitrogens with zero attached hydrogens (tertiary/aromatic N) is 1. The summed E-state index contributed by atoms with van der Waals surface area (Å²) in [6.45, 7) is 14.1. The highest BCUT2D eigenvalue weighted by Gasteiger charge is 2.58. The fraction of sp³-hybridized carbons (Fsp3) is 0.667. The van der Waals surface area contributed by atoms with Crippen LogP contribution in [0, 0.1) is 26.2 Å². The summed E-state index contributed by atoms with van der Waals surface area (Å²) in [6.07, 6.45) is 4.10. The highest BCUT2D eigenvalue weighted by atomic mass is 15.3. The number of fused-ring (bicyclic) bond motifs is 2. The molecule has 2 fully saturated rings. The van der Waals surface area contributed by atoms with E-state index in [2.05, 4.69) is 58.6 Å². The van der Waals surface area contributed by atoms with Crippen LogP contribution in [-0.2, 0) is 0 Å². The summed E-state index contributed by atoms with van der Waals surface area (Å²) in [5.41, 5.74) is 6.66. The quantitative estimate of drug-likeness (QED) is 0.700. The van der Waals surface area contributed by atoms with Crippen molar-refractivity contribution < 1.29 is 0 Å². The third-order valence-corrected chi connectivity index (χ3v) is 6.04. The molecule has 3 atom stereocenters. The van der Waals surface area contributed by atoms with Gasteiger partial charge in [-0.1, -0.05) is 13.0 Å². The summed E-state index contributed by atoms with van der Waals surface area (Å²) in [4.78, 5) is 2.74. The van der Waals surface area contributed by atoms with Crippen molar-refractivity contribution in [1.29, 1.82) is 0 Å². The van der Waals surface area contributed by atoms with E-state index in [-0.39, 0.29) is 0 Å². The molecular weight excluding hydrogens is 230 g/mol. The minimum absolute atomic E-state index is 0.374. The molecule has 1 aromatic carbocycles. The molecule has 1 nitrogen and oxygen atoms in total. The van der Waals surface area contributed by atoms with Crippen molar-refractivity contribution in [3.63, 3.8) is 0 Å². The van der Waals surface area contributed by atoms with Crippen molar-refractivity contribution in [3.05, 3.63) is 28.8 Å². The standard InChI is InChI=1S/C18H27N/c1-12-9-13(2)14(3)16(10-12)19-15(4)17(5)7-8-18(19,6)11-17/h9-10,15H,7-8,11H2,1-6H3/t15-,17?,18?/m0/s1. The molecule has 1 aromatic rings. The van der Waals surface area contributed by atoms with E-state index in [9.17, 15) is 0 Å². The highest BCUT2D eigenvalue weighted by Crippen LogP contribution is 2.59. The molecule has 1 aliphatic carbocycles. The number of hydrogen-bond donors (Lipinski definition) is 0. The Morgan fingerprint density at radius 2 is 1.79 bits per heavy atom. The largest absolute Gasteiger partial charge is 0.363 e. The van der Waals surface area contributed by atoms with E-state index in [1.165, 1.54) is 41.6 Å². The van der Waals surface area contributed by atoms with Gasteiger partial charge in [-0.3, -0.25) is 0 Å². The third kappa shape index (κ3) is 1.67. The maximum atomic E-state index is 2.74. The predicted octanol–water partition coefficient (Wildman–Crippen LogP) is 4.77. The summed E-state index contributed by atoms with van der Waals surface area (Å²) in [5, 5.41) is 0. The van der Waals surface area contributed by atoms with Crippen LogP contribution in [-0.4, -0.2) is 11.6 Å². The zero-order valence-electron chi connectivity index (χ0n) is 13.3. The van der Waals surface area contributed by atoms with E-state index in [1.807, 2.05) is 0 Å². The lowest BCUT2D eigenvalue weighted by atomic mass is 9.82. The molecule has 0 aromatic heterocycles. The molecule has 2 aliphatic rings. The van der Waals surface area contributed by atoms with Gasteiger partial charge in [-0.2, -0.15) is 0 Å². The summed E-state index contributed by atoms with van der Waals surface area (Å²) < 4.78 is 0. The Balaban J connectivity index is 2.13. The lowest BCUT2D eigenvalue weighted by Crippen LogP contribution is -2.49. The molecule has 3 rings (SSSR count). The van der Waals surface area contributed by atoms with Gasteiger partial charge in [0.2, 0.25) is 0 Å². The Hall–Kier alpha value is -0.980. The first-order valence-electron chi connectivity index (χ1n) is 7.64. The molecule has 2 bridgehead atoms. The van der Waals surface area contributed by atoms with Crippen LogP contribution >= 0.6 is 0 Å². The minimum Gasteiger partial charge on any atom is -0.363 e. The maximum Gasteiger partial charge on any atom is 0.0408 e. The Labute approximate surface area is 118 Å². The van der Waals surface area contributed by atoms with E-state index < -0.39 is 0 Å². The molecule has 0 radical (unpaired) electrons. The van der Waals surface area contributed by atoms with Gasteiger partial charge in [0.1, 0.15) is 0 Å². The second kappa shape index (κ2) is 3.77. The minimum atomic E-state index is 0.374. The van der Waals surface area contributed by atoms with Gasteiger partial charge in [-0.25, -0.2) is 0 Å². The van der Waals surface area contributed by atoms with Gasteiger partial charge in [0.05, 0.1) is 0 Å². The third-order valence-electron chi connectivity index (χ3n) is 6.04. The number of aryl methyl sites for hydroxylation is 2. The Morgan fingerprint density at radius 3 is 2.37 bits per heavy atom. The summed E-state index contributed by atoms with van der Waals surface area (Å²) >= 11 is 0. The van der Waals surface area contributed by atoms with Crippen molar-refractivity contribution in [3.8, 4) is 0 Å². The molecule has 1 heterocycles. The zero-order chi connectivity index (χ0) is 14.0. The van der Waals surface area contributed by atoms with Gasteiger partial charge in [0, 0.05) is 17.3 Å². The van der Waals surface area contributed by atoms with Crippen LogP contribution < -0.4 is 4.90 Å². The Kier molecular flexibility index (Phi) is 2.59. The van der Waals surface area contributed by atoms with E-state index in [1.54, 1.807) is 0 Å². The molecule has 1 heteroatoms. The summed E-state index contributed by atoms with van der Waals surface area (Å²) in [7, 11) is 0. The monoisotopic (exact) mass is 257 g/mol. The SMILES string of the molecule is Cc1cc(C)c(C)c(N2[C@@H](C)C3(C)CCC2(C)C3)c1. The smallest absolute Gasteiger partial charge is 0.0408 e. The summed E-state index contributed by atoms with van der Waals surface area (Å²) in [6, 6.07) is 5.36. The van der Waals surface area contributed by atoms with Crippen molar-refractivity contribution in [2.24, 2.45) is 5.41 Å². The Bertz CT molecular complexity index is 533. The molecule has 19 heavy (non-hydrogen) atoms. The molecule has 104 valence electrons. The van der Waals surface area contributed by atoms with Gasteiger partial charge >= 0.3 is 0 Å². The molecule has 2 unspecified atom stereocenters. The van der Waals surface area contributed by atoms with Gasteiger partial charge in [0.15, 0.2) is 0 Å². The predicted molar refractivity (Wildman–Crippen MR) is 83.0 cm³/mol. The average Bonchev–Trinajstić information content (AvgIpc) is 2.72. The first kappa shape index (κ1) is 13.0. The highest BCUT2D eigenvalue weighted by molar-refractivity contribution is 5.62. The summed E-state index contributed by atoms with van der Waals surface area (Å²) in [5.74, 6) is 0. The molecule has 1 saturated heterocycles. The molecular formula is C18H27N. The average molecular weight is 257 g/mol. The molecule has 1 aliphatic heterocycles. The van der Waals surface area contributed by atoms with Gasteiger partial charge in [-0.05, 0) is 82.1 Å². The fourth-order valence-corrected chi connectivity index (χ4v) is 4.71. The number of rotatable bonds is 1. The molecule has 0 amide bonds. The number of hydrogen-bond acceptors (Lipinski definition) is 1. The zero-order valence-corrected chi connectivity index (χ0v) is 13.3. The van der Waals surface area contributed by atoms with Crippen LogP contribution in [0.5, 0.6) is 0 Å². The number of anilines is 1. The molecule has 0 N–H and O–H groups in total. The van der Waals surface area contributed by atoms with Gasteiger partial charge in [-0.15, -0.1) is 0 Å². The van der Waals surface area contributed by atoms with E-state index in [4.69, 9.17) is 0 Å². The van der Waals surface area contributed by atoms with Crippen molar-refractivity contribution in [2.75, 3.05) is 4.90 Å². The number of piperidine rings is 1. The van der Waals surface area contributed by atoms with Crippen LogP contribution in [0.1, 0.15) is 56.7 Å². The first-order chi connectivity index (χ1) is 8.77. The first-order valence-corrected chi connectivity index (χ1v) is 7.64. The molecule has 1 saturated carbocycles. The van der Waals surface area contributed by atoms with E-state index >= 15 is 0 Å². The number of benzene rings is 1. The van der Waals surface area contributed by atoms with Crippen LogP contribution in [0.25, 0.3) is 0 Å². The normalized spacial score (nSPS) is 37.2. The maximum absolute atomic E-state index is 2.74. The van der Waals surface area contributed by atoms with Gasteiger partial charge in [0.25, 0.3) is 0 Å². The van der Waals surface area contributed by atoms with E-state index in [0.29, 0.717) is 17.0 Å². The molecule has 0 spiro atoms.